The van der Waals surface area contributed by atoms with Crippen molar-refractivity contribution in [1.29, 1.82) is 0 Å². The van der Waals surface area contributed by atoms with Crippen molar-refractivity contribution in [1.82, 2.24) is 0 Å². The predicted molar refractivity (Wildman–Crippen MR) is 91.1 cm³/mol. The van der Waals surface area contributed by atoms with Crippen LogP contribution in [0.3, 0.4) is 0 Å². The summed E-state index contributed by atoms with van der Waals surface area (Å²) in [5.41, 5.74) is 10.4. The minimum Gasteiger partial charge on any atom is -0.398 e. The summed E-state index contributed by atoms with van der Waals surface area (Å²) in [4.78, 5) is 2.38. The van der Waals surface area contributed by atoms with Crippen molar-refractivity contribution in [2.45, 2.75) is 33.4 Å². The van der Waals surface area contributed by atoms with Gasteiger partial charge in [-0.2, -0.15) is 0 Å². The Hall–Kier alpha value is -1.48. The highest BCUT2D eigenvalue weighted by Crippen LogP contribution is 2.33. The van der Waals surface area contributed by atoms with Gasteiger partial charge in [0.1, 0.15) is 0 Å². The Morgan fingerprint density at radius 2 is 1.80 bits per heavy atom. The zero-order valence-corrected chi connectivity index (χ0v) is 13.8. The van der Waals surface area contributed by atoms with Crippen LogP contribution in [-0.2, 0) is 6.54 Å². The molecule has 0 bridgehead atoms. The molecule has 0 aliphatic heterocycles. The van der Waals surface area contributed by atoms with Crippen molar-refractivity contribution in [2.24, 2.45) is 0 Å². The Bertz CT molecular complexity index is 579. The van der Waals surface area contributed by atoms with Gasteiger partial charge in [0, 0.05) is 22.7 Å². The number of halogens is 1. The number of nitrogens with zero attached hydrogens (tertiary/aromatic N) is 1. The van der Waals surface area contributed by atoms with Crippen molar-refractivity contribution in [2.75, 3.05) is 10.6 Å². The summed E-state index contributed by atoms with van der Waals surface area (Å²) < 4.78 is 1.05. The summed E-state index contributed by atoms with van der Waals surface area (Å²) in [6.07, 6.45) is 0. The minimum atomic E-state index is 0.412. The first-order chi connectivity index (χ1) is 9.49. The summed E-state index contributed by atoms with van der Waals surface area (Å²) in [6.45, 7) is 7.36. The van der Waals surface area contributed by atoms with Crippen molar-refractivity contribution in [3.63, 3.8) is 0 Å². The average molecular weight is 333 g/mol. The summed E-state index contributed by atoms with van der Waals surface area (Å²) in [6, 6.07) is 15.1. The van der Waals surface area contributed by atoms with E-state index in [-0.39, 0.29) is 0 Å². The van der Waals surface area contributed by atoms with Gasteiger partial charge in [0.05, 0.1) is 5.69 Å². The van der Waals surface area contributed by atoms with Crippen LogP contribution in [0.2, 0.25) is 0 Å². The van der Waals surface area contributed by atoms with E-state index in [1.54, 1.807) is 0 Å². The predicted octanol–water partition coefficient (Wildman–Crippen LogP) is 4.75. The monoisotopic (exact) mass is 332 g/mol. The van der Waals surface area contributed by atoms with Gasteiger partial charge in [-0.15, -0.1) is 0 Å². The van der Waals surface area contributed by atoms with Gasteiger partial charge in [-0.3, -0.25) is 0 Å². The highest BCUT2D eigenvalue weighted by molar-refractivity contribution is 9.10. The number of hydrogen-bond donors (Lipinski definition) is 1. The van der Waals surface area contributed by atoms with Crippen molar-refractivity contribution in [3.05, 3.63) is 58.1 Å². The highest BCUT2D eigenvalue weighted by atomic mass is 79.9. The Labute approximate surface area is 129 Å². The second-order valence-electron chi connectivity index (χ2n) is 5.37. The molecule has 3 heteroatoms. The molecule has 0 saturated carbocycles. The maximum absolute atomic E-state index is 5.97. The quantitative estimate of drug-likeness (QED) is 0.818. The van der Waals surface area contributed by atoms with E-state index in [4.69, 9.17) is 5.73 Å². The Morgan fingerprint density at radius 1 is 1.15 bits per heavy atom. The lowest BCUT2D eigenvalue weighted by atomic mass is 10.1. The average Bonchev–Trinajstić information content (AvgIpc) is 2.41. The largest absolute Gasteiger partial charge is 0.398 e. The molecule has 0 heterocycles. The molecule has 20 heavy (non-hydrogen) atoms. The van der Waals surface area contributed by atoms with E-state index in [1.165, 1.54) is 11.3 Å². The van der Waals surface area contributed by atoms with Crippen LogP contribution >= 0.6 is 15.9 Å². The SMILES string of the molecule is Cc1cc(N(Cc2ccccc2)C(C)C)c(Br)cc1N. The molecule has 0 atom stereocenters. The molecule has 2 aromatic rings. The number of rotatable bonds is 4. The van der Waals surface area contributed by atoms with E-state index in [0.29, 0.717) is 6.04 Å². The fourth-order valence-corrected chi connectivity index (χ4v) is 2.82. The van der Waals surface area contributed by atoms with Gasteiger partial charge in [0.2, 0.25) is 0 Å². The molecule has 0 amide bonds. The number of nitrogens with two attached hydrogens (primary N) is 1. The third kappa shape index (κ3) is 3.34. The third-order valence-corrected chi connectivity index (χ3v) is 4.10. The molecule has 0 aromatic heterocycles. The third-order valence-electron chi connectivity index (χ3n) is 3.46. The van der Waals surface area contributed by atoms with Crippen LogP contribution in [-0.4, -0.2) is 6.04 Å². The molecular formula is C17H21BrN2. The van der Waals surface area contributed by atoms with E-state index in [2.05, 4.69) is 65.0 Å². The first-order valence-corrected chi connectivity index (χ1v) is 7.64. The second kappa shape index (κ2) is 6.31. The van der Waals surface area contributed by atoms with Crippen LogP contribution in [0.4, 0.5) is 11.4 Å². The number of anilines is 2. The lowest BCUT2D eigenvalue weighted by Gasteiger charge is -2.30. The van der Waals surface area contributed by atoms with Gasteiger partial charge in [0.15, 0.2) is 0 Å². The van der Waals surface area contributed by atoms with Gasteiger partial charge >= 0.3 is 0 Å². The molecule has 0 aliphatic rings. The molecule has 2 nitrogen and oxygen atoms in total. The van der Waals surface area contributed by atoms with Crippen LogP contribution in [0.15, 0.2) is 46.9 Å². The molecule has 2 N–H and O–H groups in total. The zero-order chi connectivity index (χ0) is 14.7. The van der Waals surface area contributed by atoms with Gasteiger partial charge in [-0.05, 0) is 60.0 Å². The van der Waals surface area contributed by atoms with E-state index in [1.807, 2.05) is 19.1 Å². The number of nitrogen functional groups attached to an aromatic ring is 1. The molecule has 0 unspecified atom stereocenters. The Kier molecular flexibility index (Phi) is 4.71. The summed E-state index contributed by atoms with van der Waals surface area (Å²) >= 11 is 3.64. The van der Waals surface area contributed by atoms with Crippen molar-refractivity contribution in [3.8, 4) is 0 Å². The summed E-state index contributed by atoms with van der Waals surface area (Å²) in [7, 11) is 0. The molecule has 0 saturated heterocycles. The molecule has 0 aliphatic carbocycles. The van der Waals surface area contributed by atoms with Crippen LogP contribution < -0.4 is 10.6 Å². The van der Waals surface area contributed by atoms with Crippen molar-refractivity contribution < 1.29 is 0 Å². The summed E-state index contributed by atoms with van der Waals surface area (Å²) in [5.74, 6) is 0. The van der Waals surface area contributed by atoms with E-state index in [9.17, 15) is 0 Å². The zero-order valence-electron chi connectivity index (χ0n) is 12.2. The second-order valence-corrected chi connectivity index (χ2v) is 6.22. The first-order valence-electron chi connectivity index (χ1n) is 6.85. The van der Waals surface area contributed by atoms with Crippen molar-refractivity contribution >= 4 is 27.3 Å². The molecule has 2 rings (SSSR count). The van der Waals surface area contributed by atoms with Gasteiger partial charge in [-0.1, -0.05) is 30.3 Å². The van der Waals surface area contributed by atoms with Gasteiger partial charge < -0.3 is 10.6 Å². The normalized spacial score (nSPS) is 10.8. The number of benzene rings is 2. The lowest BCUT2D eigenvalue weighted by molar-refractivity contribution is 0.681. The number of aryl methyl sites for hydroxylation is 1. The first kappa shape index (κ1) is 14.9. The maximum atomic E-state index is 5.97. The molecule has 0 spiro atoms. The molecule has 2 aromatic carbocycles. The van der Waals surface area contributed by atoms with Gasteiger partial charge in [-0.25, -0.2) is 0 Å². The minimum absolute atomic E-state index is 0.412. The van der Waals surface area contributed by atoms with Crippen LogP contribution in [0.1, 0.15) is 25.0 Å². The van der Waals surface area contributed by atoms with E-state index >= 15 is 0 Å². The van der Waals surface area contributed by atoms with Crippen LogP contribution in [0.25, 0.3) is 0 Å². The van der Waals surface area contributed by atoms with Crippen LogP contribution in [0, 0.1) is 6.92 Å². The lowest BCUT2D eigenvalue weighted by Crippen LogP contribution is -2.30. The Balaban J connectivity index is 2.37. The standard InChI is InChI=1S/C17H21BrN2/c1-12(2)20(11-14-7-5-4-6-8-14)17-9-13(3)16(19)10-15(17)18/h4-10,12H,11,19H2,1-3H3. The smallest absolute Gasteiger partial charge is 0.0520 e. The van der Waals surface area contributed by atoms with Gasteiger partial charge in [0.25, 0.3) is 0 Å². The topological polar surface area (TPSA) is 29.3 Å². The molecule has 106 valence electrons. The highest BCUT2D eigenvalue weighted by Gasteiger charge is 2.15. The van der Waals surface area contributed by atoms with E-state index < -0.39 is 0 Å². The summed E-state index contributed by atoms with van der Waals surface area (Å²) in [5, 5.41) is 0. The molecule has 0 radical (unpaired) electrons. The van der Waals surface area contributed by atoms with E-state index in [0.717, 1.165) is 22.3 Å². The van der Waals surface area contributed by atoms with Crippen LogP contribution in [0.5, 0.6) is 0 Å². The Morgan fingerprint density at radius 3 is 2.40 bits per heavy atom. The maximum Gasteiger partial charge on any atom is 0.0520 e. The molecule has 0 fully saturated rings. The fraction of sp³-hybridized carbons (Fsp3) is 0.294. The fourth-order valence-electron chi connectivity index (χ4n) is 2.23. The number of hydrogen-bond acceptors (Lipinski definition) is 2. The molecular weight excluding hydrogens is 312 g/mol.